The van der Waals surface area contributed by atoms with Crippen molar-refractivity contribution in [1.29, 1.82) is 0 Å². The second-order valence-corrected chi connectivity index (χ2v) is 6.72. The number of amides is 2. The molecular weight excluding hydrogens is 413 g/mol. The first-order valence-electron chi connectivity index (χ1n) is 9.60. The molecule has 4 rings (SSSR count). The first-order chi connectivity index (χ1) is 15.5. The van der Waals surface area contributed by atoms with Gasteiger partial charge in [-0.05, 0) is 48.5 Å². The van der Waals surface area contributed by atoms with Crippen LogP contribution in [-0.2, 0) is 0 Å². The van der Waals surface area contributed by atoms with Gasteiger partial charge in [0.15, 0.2) is 17.8 Å². The van der Waals surface area contributed by atoms with Gasteiger partial charge in [0.2, 0.25) is 0 Å². The summed E-state index contributed by atoms with van der Waals surface area (Å²) in [5.74, 6) is -0.656. The van der Waals surface area contributed by atoms with E-state index in [9.17, 15) is 14.0 Å². The van der Waals surface area contributed by atoms with E-state index in [1.807, 2.05) is 0 Å². The largest absolute Gasteiger partial charge is 0.497 e. The third-order valence-electron chi connectivity index (χ3n) is 4.63. The average molecular weight is 431 g/mol. The van der Waals surface area contributed by atoms with E-state index in [0.29, 0.717) is 22.7 Å². The molecule has 0 bridgehead atoms. The van der Waals surface area contributed by atoms with Crippen LogP contribution in [0.15, 0.2) is 83.6 Å². The zero-order chi connectivity index (χ0) is 22.5. The molecule has 8 heteroatoms. The van der Waals surface area contributed by atoms with Crippen LogP contribution in [0.2, 0.25) is 0 Å². The molecule has 0 unspecified atom stereocenters. The molecule has 7 nitrogen and oxygen atoms in total. The highest BCUT2D eigenvalue weighted by Gasteiger charge is 2.23. The number of carbonyl (C=O) groups excluding carboxylic acids is 2. The van der Waals surface area contributed by atoms with Gasteiger partial charge in [-0.25, -0.2) is 9.37 Å². The van der Waals surface area contributed by atoms with Crippen molar-refractivity contribution in [3.63, 3.8) is 0 Å². The summed E-state index contributed by atoms with van der Waals surface area (Å²) in [6.45, 7) is 0. The van der Waals surface area contributed by atoms with E-state index in [-0.39, 0.29) is 17.0 Å². The molecular formula is C24H18FN3O4. The number of nitrogens with zero attached hydrogens (tertiary/aromatic N) is 1. The molecule has 160 valence electrons. The lowest BCUT2D eigenvalue weighted by Crippen LogP contribution is -2.15. The van der Waals surface area contributed by atoms with E-state index in [1.165, 1.54) is 18.2 Å². The molecule has 0 aliphatic heterocycles. The van der Waals surface area contributed by atoms with E-state index < -0.39 is 17.6 Å². The fourth-order valence-electron chi connectivity index (χ4n) is 3.11. The van der Waals surface area contributed by atoms with Gasteiger partial charge >= 0.3 is 0 Å². The number of carbonyl (C=O) groups is 2. The molecule has 0 radical (unpaired) electrons. The van der Waals surface area contributed by atoms with Gasteiger partial charge in [-0.2, -0.15) is 0 Å². The molecule has 0 atom stereocenters. The lowest BCUT2D eigenvalue weighted by molar-refractivity contribution is 0.101. The lowest BCUT2D eigenvalue weighted by Gasteiger charge is -2.10. The highest BCUT2D eigenvalue weighted by Crippen LogP contribution is 2.28. The minimum atomic E-state index is -0.501. The van der Waals surface area contributed by atoms with Gasteiger partial charge in [0.25, 0.3) is 11.8 Å². The van der Waals surface area contributed by atoms with Crippen molar-refractivity contribution in [2.45, 2.75) is 0 Å². The Hall–Kier alpha value is -4.46. The van der Waals surface area contributed by atoms with Crippen molar-refractivity contribution < 1.29 is 23.1 Å². The van der Waals surface area contributed by atoms with Gasteiger partial charge in [0, 0.05) is 16.9 Å². The number of rotatable bonds is 6. The third kappa shape index (κ3) is 4.49. The summed E-state index contributed by atoms with van der Waals surface area (Å²) in [4.78, 5) is 29.7. The predicted molar refractivity (Wildman–Crippen MR) is 117 cm³/mol. The summed E-state index contributed by atoms with van der Waals surface area (Å²) in [6.07, 6.45) is 1.14. The van der Waals surface area contributed by atoms with Crippen molar-refractivity contribution in [3.8, 4) is 17.1 Å². The van der Waals surface area contributed by atoms with Crippen LogP contribution in [0.3, 0.4) is 0 Å². The SMILES string of the molecule is COc1ccc(NC(=O)c2ncoc2-c2ccccc2C(=O)Nc2cccc(F)c2)cc1. The number of aromatic nitrogens is 1. The Morgan fingerprint density at radius 2 is 1.66 bits per heavy atom. The Morgan fingerprint density at radius 1 is 0.906 bits per heavy atom. The minimum absolute atomic E-state index is 0.0202. The zero-order valence-corrected chi connectivity index (χ0v) is 17.0. The van der Waals surface area contributed by atoms with Crippen LogP contribution in [0.25, 0.3) is 11.3 Å². The molecule has 3 aromatic carbocycles. The Kier molecular flexibility index (Phi) is 5.94. The monoisotopic (exact) mass is 431 g/mol. The highest BCUT2D eigenvalue weighted by atomic mass is 19.1. The maximum absolute atomic E-state index is 13.5. The number of nitrogens with one attached hydrogen (secondary N) is 2. The first kappa shape index (κ1) is 20.8. The van der Waals surface area contributed by atoms with E-state index in [0.717, 1.165) is 6.39 Å². The Morgan fingerprint density at radius 3 is 2.41 bits per heavy atom. The molecule has 0 aliphatic carbocycles. The second-order valence-electron chi connectivity index (χ2n) is 6.72. The quantitative estimate of drug-likeness (QED) is 0.448. The van der Waals surface area contributed by atoms with Crippen molar-refractivity contribution in [1.82, 2.24) is 4.98 Å². The fourth-order valence-corrected chi connectivity index (χ4v) is 3.11. The van der Waals surface area contributed by atoms with Crippen molar-refractivity contribution in [2.75, 3.05) is 17.7 Å². The Labute approximate surface area is 182 Å². The number of oxazole rings is 1. The molecule has 0 aliphatic rings. The number of ether oxygens (including phenoxy) is 1. The zero-order valence-electron chi connectivity index (χ0n) is 17.0. The summed E-state index contributed by atoms with van der Waals surface area (Å²) < 4.78 is 24.0. The van der Waals surface area contributed by atoms with Gasteiger partial charge < -0.3 is 19.8 Å². The first-order valence-corrected chi connectivity index (χ1v) is 9.60. The molecule has 2 N–H and O–H groups in total. The number of hydrogen-bond acceptors (Lipinski definition) is 5. The van der Waals surface area contributed by atoms with E-state index in [4.69, 9.17) is 9.15 Å². The Bertz CT molecular complexity index is 1270. The second kappa shape index (κ2) is 9.13. The van der Waals surface area contributed by atoms with Crippen LogP contribution in [0.1, 0.15) is 20.8 Å². The van der Waals surface area contributed by atoms with Crippen LogP contribution < -0.4 is 15.4 Å². The molecule has 0 saturated heterocycles. The van der Waals surface area contributed by atoms with Gasteiger partial charge in [-0.1, -0.05) is 24.3 Å². The van der Waals surface area contributed by atoms with Gasteiger partial charge in [0.1, 0.15) is 11.6 Å². The maximum Gasteiger partial charge on any atom is 0.278 e. The normalized spacial score (nSPS) is 10.4. The summed E-state index contributed by atoms with van der Waals surface area (Å²) in [7, 11) is 1.55. The minimum Gasteiger partial charge on any atom is -0.497 e. The van der Waals surface area contributed by atoms with Crippen molar-refractivity contribution in [2.24, 2.45) is 0 Å². The van der Waals surface area contributed by atoms with Crippen LogP contribution in [-0.4, -0.2) is 23.9 Å². The molecule has 0 fully saturated rings. The van der Waals surface area contributed by atoms with Crippen LogP contribution >= 0.6 is 0 Å². The van der Waals surface area contributed by atoms with Crippen molar-refractivity contribution >= 4 is 23.2 Å². The molecule has 0 saturated carbocycles. The van der Waals surface area contributed by atoms with Crippen LogP contribution in [0.4, 0.5) is 15.8 Å². The summed E-state index contributed by atoms with van der Waals surface area (Å²) in [6, 6.07) is 19.0. The number of anilines is 2. The Balaban J connectivity index is 1.61. The summed E-state index contributed by atoms with van der Waals surface area (Å²) >= 11 is 0. The molecule has 1 heterocycles. The third-order valence-corrected chi connectivity index (χ3v) is 4.63. The van der Waals surface area contributed by atoms with E-state index in [2.05, 4.69) is 15.6 Å². The smallest absolute Gasteiger partial charge is 0.278 e. The summed E-state index contributed by atoms with van der Waals surface area (Å²) in [5.41, 5.74) is 1.49. The molecule has 2 amide bonds. The fraction of sp³-hybridized carbons (Fsp3) is 0.0417. The van der Waals surface area contributed by atoms with E-state index in [1.54, 1.807) is 61.7 Å². The van der Waals surface area contributed by atoms with Gasteiger partial charge in [-0.15, -0.1) is 0 Å². The van der Waals surface area contributed by atoms with Crippen molar-refractivity contribution in [3.05, 3.63) is 96.3 Å². The predicted octanol–water partition coefficient (Wildman–Crippen LogP) is 4.99. The average Bonchev–Trinajstić information content (AvgIpc) is 3.29. The van der Waals surface area contributed by atoms with E-state index >= 15 is 0 Å². The van der Waals surface area contributed by atoms with Crippen LogP contribution in [0, 0.1) is 5.82 Å². The van der Waals surface area contributed by atoms with Gasteiger partial charge in [-0.3, -0.25) is 9.59 Å². The topological polar surface area (TPSA) is 93.5 Å². The van der Waals surface area contributed by atoms with Crippen LogP contribution in [0.5, 0.6) is 5.75 Å². The number of benzene rings is 3. The molecule has 0 spiro atoms. The lowest BCUT2D eigenvalue weighted by atomic mass is 10.0. The highest BCUT2D eigenvalue weighted by molar-refractivity contribution is 6.11. The maximum atomic E-state index is 13.5. The summed E-state index contributed by atoms with van der Waals surface area (Å²) in [5, 5.41) is 5.39. The molecule has 1 aromatic heterocycles. The number of methoxy groups -OCH3 is 1. The molecule has 4 aromatic rings. The number of hydrogen-bond donors (Lipinski definition) is 2. The van der Waals surface area contributed by atoms with Gasteiger partial charge in [0.05, 0.1) is 12.7 Å². The standard InChI is InChI=1S/C24H18FN3O4/c1-31-18-11-9-16(10-12-18)27-24(30)21-22(32-14-26-21)19-7-2-3-8-20(19)23(29)28-17-6-4-5-15(25)13-17/h2-14H,1H3,(H,27,30)(H,28,29). The number of halogens is 1. The molecule has 32 heavy (non-hydrogen) atoms.